The maximum Gasteiger partial charge on any atom is 0.445 e. The minimum atomic E-state index is -4.96. The van der Waals surface area contributed by atoms with Crippen LogP contribution in [0.2, 0.25) is 0 Å². The molecule has 0 aromatic rings. The highest BCUT2D eigenvalue weighted by atomic mass is 35.5. The molecule has 8 heteroatoms. The zero-order valence-corrected chi connectivity index (χ0v) is 11.1. The Bertz CT molecular complexity index is 264. The molecule has 0 aromatic carbocycles. The lowest BCUT2D eigenvalue weighted by Crippen LogP contribution is -2.59. The van der Waals surface area contributed by atoms with Crippen LogP contribution in [0, 0.1) is 0 Å². The summed E-state index contributed by atoms with van der Waals surface area (Å²) in [4.78, 5) is 11.4. The monoisotopic (exact) mass is 292 g/mol. The largest absolute Gasteiger partial charge is 0.465 e. The van der Waals surface area contributed by atoms with E-state index in [-0.39, 0.29) is 19.8 Å². The van der Waals surface area contributed by atoms with Gasteiger partial charge in [-0.25, -0.2) is 0 Å². The first-order chi connectivity index (χ1) is 8.26. The van der Waals surface area contributed by atoms with Crippen LogP contribution in [-0.4, -0.2) is 43.1 Å². The summed E-state index contributed by atoms with van der Waals surface area (Å²) in [7, 11) is 0. The van der Waals surface area contributed by atoms with Gasteiger partial charge in [0, 0.05) is 13.2 Å². The molecule has 0 aliphatic heterocycles. The minimum Gasteiger partial charge on any atom is -0.465 e. The van der Waals surface area contributed by atoms with Crippen molar-refractivity contribution >= 4 is 17.6 Å². The minimum absolute atomic E-state index is 0.0890. The van der Waals surface area contributed by atoms with E-state index in [1.165, 1.54) is 20.8 Å². The van der Waals surface area contributed by atoms with Crippen molar-refractivity contribution in [3.05, 3.63) is 0 Å². The van der Waals surface area contributed by atoms with Crippen molar-refractivity contribution in [1.29, 1.82) is 0 Å². The van der Waals surface area contributed by atoms with Crippen LogP contribution < -0.4 is 0 Å². The molecule has 0 aromatic heterocycles. The van der Waals surface area contributed by atoms with Crippen molar-refractivity contribution in [2.75, 3.05) is 19.8 Å². The maximum absolute atomic E-state index is 13.1. The predicted octanol–water partition coefficient (Wildman–Crippen LogP) is 2.49. The van der Waals surface area contributed by atoms with Gasteiger partial charge in [-0.2, -0.15) is 13.2 Å². The van der Waals surface area contributed by atoms with Crippen LogP contribution >= 0.6 is 11.6 Å². The molecule has 0 heterocycles. The Hall–Kier alpha value is -0.530. The second kappa shape index (κ2) is 7.16. The molecule has 0 aliphatic carbocycles. The van der Waals surface area contributed by atoms with Crippen LogP contribution in [0.3, 0.4) is 0 Å². The van der Waals surface area contributed by atoms with Gasteiger partial charge in [-0.3, -0.25) is 4.79 Å². The molecule has 0 saturated heterocycles. The summed E-state index contributed by atoms with van der Waals surface area (Å²) in [5.41, 5.74) is 0. The van der Waals surface area contributed by atoms with Gasteiger partial charge >= 0.3 is 12.1 Å². The van der Waals surface area contributed by atoms with Crippen molar-refractivity contribution in [2.24, 2.45) is 0 Å². The van der Waals surface area contributed by atoms with E-state index in [9.17, 15) is 18.0 Å². The number of carbonyl (C=O) groups is 1. The summed E-state index contributed by atoms with van der Waals surface area (Å²) in [6.07, 6.45) is -4.96. The van der Waals surface area contributed by atoms with Crippen LogP contribution in [0.15, 0.2) is 0 Å². The summed E-state index contributed by atoms with van der Waals surface area (Å²) in [6.45, 7) is 3.42. The van der Waals surface area contributed by atoms with Gasteiger partial charge in [0.2, 0.25) is 0 Å². The van der Waals surface area contributed by atoms with E-state index in [0.717, 1.165) is 0 Å². The topological polar surface area (TPSA) is 44.8 Å². The quantitative estimate of drug-likeness (QED) is 0.411. The Kier molecular flexibility index (Phi) is 6.94. The fraction of sp³-hybridized carbons (Fsp3) is 0.900. The molecule has 0 N–H and O–H groups in total. The molecule has 0 bridgehead atoms. The van der Waals surface area contributed by atoms with Gasteiger partial charge in [-0.05, 0) is 20.8 Å². The third kappa shape index (κ3) is 3.73. The van der Waals surface area contributed by atoms with E-state index in [2.05, 4.69) is 14.2 Å². The van der Waals surface area contributed by atoms with Crippen LogP contribution in [0.4, 0.5) is 13.2 Å². The van der Waals surface area contributed by atoms with Gasteiger partial charge in [0.1, 0.15) is 0 Å². The second-order valence-electron chi connectivity index (χ2n) is 3.15. The molecule has 0 fully saturated rings. The fourth-order valence-corrected chi connectivity index (χ4v) is 1.61. The number of esters is 1. The molecule has 0 saturated carbocycles. The zero-order valence-electron chi connectivity index (χ0n) is 10.3. The maximum atomic E-state index is 13.1. The van der Waals surface area contributed by atoms with Crippen molar-refractivity contribution in [1.82, 2.24) is 0 Å². The fourth-order valence-electron chi connectivity index (χ4n) is 1.29. The highest BCUT2D eigenvalue weighted by Gasteiger charge is 2.65. The number of rotatable bonds is 7. The number of hydrogen-bond donors (Lipinski definition) is 0. The standard InChI is InChI=1S/C10H16ClF3O4/c1-4-16-8(15)7(11)9(17-5-2,18-6-3)10(12,13)14/h7H,4-6H2,1-3H3. The third-order valence-electron chi connectivity index (χ3n) is 1.94. The Morgan fingerprint density at radius 3 is 1.83 bits per heavy atom. The molecule has 4 nitrogen and oxygen atoms in total. The predicted molar refractivity (Wildman–Crippen MR) is 58.3 cm³/mol. The molecule has 1 atom stereocenters. The van der Waals surface area contributed by atoms with Gasteiger partial charge in [-0.15, -0.1) is 11.6 Å². The Labute approximate surface area is 108 Å². The number of halogens is 4. The van der Waals surface area contributed by atoms with Crippen molar-refractivity contribution in [3.8, 4) is 0 Å². The zero-order chi connectivity index (χ0) is 14.4. The van der Waals surface area contributed by atoms with E-state index in [1.807, 2.05) is 0 Å². The number of hydrogen-bond acceptors (Lipinski definition) is 4. The van der Waals surface area contributed by atoms with Crippen molar-refractivity contribution < 1.29 is 32.2 Å². The Balaban J connectivity index is 5.34. The highest BCUT2D eigenvalue weighted by Crippen LogP contribution is 2.40. The number of ether oxygens (including phenoxy) is 3. The molecule has 0 aliphatic rings. The van der Waals surface area contributed by atoms with E-state index in [4.69, 9.17) is 11.6 Å². The molecule has 0 amide bonds. The van der Waals surface area contributed by atoms with Crippen molar-refractivity contribution in [3.63, 3.8) is 0 Å². The lowest BCUT2D eigenvalue weighted by atomic mass is 10.1. The smallest absolute Gasteiger partial charge is 0.445 e. The number of alkyl halides is 4. The first kappa shape index (κ1) is 17.5. The van der Waals surface area contributed by atoms with E-state index in [1.54, 1.807) is 0 Å². The number of carbonyl (C=O) groups excluding carboxylic acids is 1. The van der Waals surface area contributed by atoms with Gasteiger partial charge < -0.3 is 14.2 Å². The van der Waals surface area contributed by atoms with E-state index in [0.29, 0.717) is 0 Å². The van der Waals surface area contributed by atoms with Crippen LogP contribution in [0.25, 0.3) is 0 Å². The average Bonchev–Trinajstić information content (AvgIpc) is 2.26. The normalized spacial score (nSPS) is 14.4. The lowest BCUT2D eigenvalue weighted by molar-refractivity contribution is -0.377. The van der Waals surface area contributed by atoms with E-state index >= 15 is 0 Å². The summed E-state index contributed by atoms with van der Waals surface area (Å²) in [6, 6.07) is 0. The summed E-state index contributed by atoms with van der Waals surface area (Å²) in [5, 5.41) is -2.13. The third-order valence-corrected chi connectivity index (χ3v) is 2.41. The summed E-state index contributed by atoms with van der Waals surface area (Å²) in [5.74, 6) is -4.43. The molecular formula is C10H16ClF3O4. The van der Waals surface area contributed by atoms with Gasteiger partial charge in [-0.1, -0.05) is 0 Å². The van der Waals surface area contributed by atoms with Crippen LogP contribution in [-0.2, 0) is 19.0 Å². The molecule has 18 heavy (non-hydrogen) atoms. The van der Waals surface area contributed by atoms with Gasteiger partial charge in [0.25, 0.3) is 5.79 Å². The molecule has 1 unspecified atom stereocenters. The molecule has 0 radical (unpaired) electrons. The lowest BCUT2D eigenvalue weighted by Gasteiger charge is -2.36. The van der Waals surface area contributed by atoms with Gasteiger partial charge in [0.05, 0.1) is 6.61 Å². The van der Waals surface area contributed by atoms with Crippen LogP contribution in [0.5, 0.6) is 0 Å². The van der Waals surface area contributed by atoms with E-state index < -0.39 is 23.3 Å². The van der Waals surface area contributed by atoms with Gasteiger partial charge in [0.15, 0.2) is 5.38 Å². The molecule has 0 spiro atoms. The molecular weight excluding hydrogens is 277 g/mol. The SMILES string of the molecule is CCOC(=O)C(Cl)C(OCC)(OCC)C(F)(F)F. The second-order valence-corrected chi connectivity index (χ2v) is 3.58. The van der Waals surface area contributed by atoms with Crippen molar-refractivity contribution in [2.45, 2.75) is 38.1 Å². The molecule has 108 valence electrons. The summed E-state index contributed by atoms with van der Waals surface area (Å²) < 4.78 is 52.8. The average molecular weight is 293 g/mol. The Morgan fingerprint density at radius 2 is 1.56 bits per heavy atom. The molecule has 0 rings (SSSR count). The Morgan fingerprint density at radius 1 is 1.11 bits per heavy atom. The van der Waals surface area contributed by atoms with Crippen LogP contribution in [0.1, 0.15) is 20.8 Å². The summed E-state index contributed by atoms with van der Waals surface area (Å²) >= 11 is 5.53. The first-order valence-electron chi connectivity index (χ1n) is 5.42. The highest BCUT2D eigenvalue weighted by molar-refractivity contribution is 6.30. The first-order valence-corrected chi connectivity index (χ1v) is 5.85.